The van der Waals surface area contributed by atoms with Gasteiger partial charge in [-0.2, -0.15) is 0 Å². The summed E-state index contributed by atoms with van der Waals surface area (Å²) in [5.74, 6) is 1.75. The fourth-order valence-electron chi connectivity index (χ4n) is 3.47. The second-order valence-electron chi connectivity index (χ2n) is 8.29. The zero-order valence-corrected chi connectivity index (χ0v) is 20.0. The van der Waals surface area contributed by atoms with E-state index < -0.39 is 0 Å². The highest BCUT2D eigenvalue weighted by molar-refractivity contribution is 5.88. The second kappa shape index (κ2) is 13.3. The molecule has 33 heavy (non-hydrogen) atoms. The van der Waals surface area contributed by atoms with E-state index in [-0.39, 0.29) is 0 Å². The summed E-state index contributed by atoms with van der Waals surface area (Å²) in [4.78, 5) is 11.1. The standard InChI is InChI=1S/C14H20N4.C14H15N/c1-11-16-13-8-5-4-7-12(13)14(17-11)15-9-6-10-18(2)3;1-3-7-13(8-4-1)11-15-12-14-9-5-2-6-10-14/h4-5,7-8H,6,9-10H2,1-3H3,(H,15,16,17);1-10,15H,11-12H2. The third-order valence-corrected chi connectivity index (χ3v) is 5.13. The van der Waals surface area contributed by atoms with Crippen molar-refractivity contribution < 1.29 is 0 Å². The number of benzene rings is 3. The molecule has 0 aliphatic heterocycles. The first kappa shape index (κ1) is 24.4. The summed E-state index contributed by atoms with van der Waals surface area (Å²) >= 11 is 0. The number of hydrogen-bond donors (Lipinski definition) is 2. The molecule has 0 aliphatic rings. The van der Waals surface area contributed by atoms with Gasteiger partial charge in [0, 0.05) is 25.0 Å². The normalized spacial score (nSPS) is 10.7. The van der Waals surface area contributed by atoms with Crippen molar-refractivity contribution in [3.05, 3.63) is 102 Å². The van der Waals surface area contributed by atoms with E-state index >= 15 is 0 Å². The molecule has 0 fully saturated rings. The highest BCUT2D eigenvalue weighted by Gasteiger charge is 2.04. The van der Waals surface area contributed by atoms with E-state index in [0.717, 1.165) is 55.1 Å². The van der Waals surface area contributed by atoms with Crippen molar-refractivity contribution in [1.29, 1.82) is 0 Å². The zero-order valence-electron chi connectivity index (χ0n) is 20.0. The van der Waals surface area contributed by atoms with E-state index in [9.17, 15) is 0 Å². The summed E-state index contributed by atoms with van der Waals surface area (Å²) in [5.41, 5.74) is 3.65. The van der Waals surface area contributed by atoms with E-state index in [1.807, 2.05) is 37.3 Å². The first-order chi connectivity index (χ1) is 16.1. The molecule has 5 nitrogen and oxygen atoms in total. The number of rotatable bonds is 9. The second-order valence-corrected chi connectivity index (χ2v) is 8.29. The number of nitrogens with one attached hydrogen (secondary N) is 2. The Kier molecular flexibility index (Phi) is 9.83. The maximum Gasteiger partial charge on any atom is 0.137 e. The summed E-state index contributed by atoms with van der Waals surface area (Å²) in [6.45, 7) is 5.79. The van der Waals surface area contributed by atoms with Gasteiger partial charge < -0.3 is 15.5 Å². The minimum atomic E-state index is 0.809. The smallest absolute Gasteiger partial charge is 0.137 e. The summed E-state index contributed by atoms with van der Waals surface area (Å²) in [7, 11) is 4.18. The Morgan fingerprint density at radius 1 is 0.727 bits per heavy atom. The summed E-state index contributed by atoms with van der Waals surface area (Å²) in [6, 6.07) is 29.0. The molecular weight excluding hydrogens is 406 g/mol. The third-order valence-electron chi connectivity index (χ3n) is 5.13. The molecule has 2 N–H and O–H groups in total. The van der Waals surface area contributed by atoms with E-state index in [4.69, 9.17) is 0 Å². The van der Waals surface area contributed by atoms with Crippen LogP contribution in [-0.2, 0) is 13.1 Å². The van der Waals surface area contributed by atoms with Crippen molar-refractivity contribution in [2.45, 2.75) is 26.4 Å². The van der Waals surface area contributed by atoms with Crippen molar-refractivity contribution in [3.8, 4) is 0 Å². The maximum atomic E-state index is 4.48. The average Bonchev–Trinajstić information content (AvgIpc) is 2.83. The van der Waals surface area contributed by atoms with Gasteiger partial charge in [-0.05, 0) is 57.2 Å². The van der Waals surface area contributed by atoms with Gasteiger partial charge in [0.15, 0.2) is 0 Å². The molecule has 0 unspecified atom stereocenters. The van der Waals surface area contributed by atoms with E-state index in [1.165, 1.54) is 11.1 Å². The number of para-hydroxylation sites is 1. The van der Waals surface area contributed by atoms with Crippen LogP contribution in [0.25, 0.3) is 10.9 Å². The lowest BCUT2D eigenvalue weighted by molar-refractivity contribution is 0.405. The largest absolute Gasteiger partial charge is 0.369 e. The Morgan fingerprint density at radius 2 is 1.30 bits per heavy atom. The molecule has 0 aliphatic carbocycles. The lowest BCUT2D eigenvalue weighted by Crippen LogP contribution is -2.16. The topological polar surface area (TPSA) is 53.1 Å². The average molecular weight is 442 g/mol. The van der Waals surface area contributed by atoms with Crippen LogP contribution in [0.4, 0.5) is 5.82 Å². The monoisotopic (exact) mass is 441 g/mol. The van der Waals surface area contributed by atoms with Gasteiger partial charge in [0.05, 0.1) is 5.52 Å². The Morgan fingerprint density at radius 3 is 1.91 bits per heavy atom. The molecule has 0 saturated heterocycles. The fraction of sp³-hybridized carbons (Fsp3) is 0.286. The van der Waals surface area contributed by atoms with Gasteiger partial charge >= 0.3 is 0 Å². The van der Waals surface area contributed by atoms with Crippen LogP contribution in [0.15, 0.2) is 84.9 Å². The van der Waals surface area contributed by atoms with Crippen LogP contribution >= 0.6 is 0 Å². The van der Waals surface area contributed by atoms with Crippen molar-refractivity contribution in [2.24, 2.45) is 0 Å². The first-order valence-corrected chi connectivity index (χ1v) is 11.5. The number of nitrogens with zero attached hydrogens (tertiary/aromatic N) is 3. The summed E-state index contributed by atoms with van der Waals surface area (Å²) in [6.07, 6.45) is 1.10. The first-order valence-electron chi connectivity index (χ1n) is 11.5. The predicted octanol–water partition coefficient (Wildman–Crippen LogP) is 5.28. The molecular formula is C28H35N5. The van der Waals surface area contributed by atoms with E-state index in [2.05, 4.69) is 94.2 Å². The van der Waals surface area contributed by atoms with Crippen molar-refractivity contribution in [1.82, 2.24) is 20.2 Å². The molecule has 0 radical (unpaired) electrons. The van der Waals surface area contributed by atoms with Crippen molar-refractivity contribution >= 4 is 16.7 Å². The van der Waals surface area contributed by atoms with Gasteiger partial charge in [0.25, 0.3) is 0 Å². The van der Waals surface area contributed by atoms with Crippen LogP contribution in [0.1, 0.15) is 23.4 Å². The van der Waals surface area contributed by atoms with Crippen LogP contribution in [0.3, 0.4) is 0 Å². The molecule has 0 atom stereocenters. The molecule has 0 spiro atoms. The van der Waals surface area contributed by atoms with Gasteiger partial charge in [-0.15, -0.1) is 0 Å². The number of aromatic nitrogens is 2. The zero-order chi connectivity index (χ0) is 23.3. The third kappa shape index (κ3) is 8.64. The molecule has 1 aromatic heterocycles. The predicted molar refractivity (Wildman–Crippen MR) is 139 cm³/mol. The van der Waals surface area contributed by atoms with Gasteiger partial charge in [-0.1, -0.05) is 72.8 Å². The molecule has 1 heterocycles. The molecule has 0 amide bonds. The van der Waals surface area contributed by atoms with E-state index in [1.54, 1.807) is 0 Å². The number of hydrogen-bond acceptors (Lipinski definition) is 5. The van der Waals surface area contributed by atoms with Gasteiger partial charge in [0.2, 0.25) is 0 Å². The summed E-state index contributed by atoms with van der Waals surface area (Å²) < 4.78 is 0. The van der Waals surface area contributed by atoms with Crippen LogP contribution in [0.5, 0.6) is 0 Å². The Balaban J connectivity index is 0.000000189. The van der Waals surface area contributed by atoms with Crippen LogP contribution in [0, 0.1) is 6.92 Å². The number of aryl methyl sites for hydroxylation is 1. The van der Waals surface area contributed by atoms with Gasteiger partial charge in [-0.25, -0.2) is 9.97 Å². The Bertz CT molecular complexity index is 1040. The quantitative estimate of drug-likeness (QED) is 0.346. The molecule has 4 aromatic rings. The molecule has 172 valence electrons. The highest BCUT2D eigenvalue weighted by atomic mass is 15.1. The fourth-order valence-corrected chi connectivity index (χ4v) is 3.47. The molecule has 0 saturated carbocycles. The van der Waals surface area contributed by atoms with E-state index in [0.29, 0.717) is 0 Å². The Labute approximate surface area is 197 Å². The van der Waals surface area contributed by atoms with Crippen LogP contribution < -0.4 is 10.6 Å². The molecule has 3 aromatic carbocycles. The lowest BCUT2D eigenvalue weighted by atomic mass is 10.2. The highest BCUT2D eigenvalue weighted by Crippen LogP contribution is 2.19. The van der Waals surface area contributed by atoms with Crippen molar-refractivity contribution in [3.63, 3.8) is 0 Å². The van der Waals surface area contributed by atoms with Gasteiger partial charge in [0.1, 0.15) is 11.6 Å². The van der Waals surface area contributed by atoms with Crippen LogP contribution in [0.2, 0.25) is 0 Å². The van der Waals surface area contributed by atoms with Gasteiger partial charge in [-0.3, -0.25) is 0 Å². The number of anilines is 1. The maximum absolute atomic E-state index is 4.48. The van der Waals surface area contributed by atoms with Crippen LogP contribution in [-0.4, -0.2) is 42.1 Å². The minimum absolute atomic E-state index is 0.809. The lowest BCUT2D eigenvalue weighted by Gasteiger charge is -2.12. The summed E-state index contributed by atoms with van der Waals surface area (Å²) in [5, 5.41) is 7.91. The SMILES string of the molecule is Cc1nc(NCCCN(C)C)c2ccccc2n1.c1ccc(CNCc2ccccc2)cc1. The Hall–Kier alpha value is -3.28. The number of fused-ring (bicyclic) bond motifs is 1. The molecule has 4 rings (SSSR count). The van der Waals surface area contributed by atoms with Crippen molar-refractivity contribution in [2.75, 3.05) is 32.5 Å². The minimum Gasteiger partial charge on any atom is -0.369 e. The molecule has 0 bridgehead atoms. The molecule has 5 heteroatoms.